The summed E-state index contributed by atoms with van der Waals surface area (Å²) in [5, 5.41) is 7.08. The average Bonchev–Trinajstić information content (AvgIpc) is 2.33. The maximum absolute atomic E-state index is 3.68. The Morgan fingerprint density at radius 1 is 1.38 bits per heavy atom. The normalized spacial score (nSPS) is 22.8. The van der Waals surface area contributed by atoms with Gasteiger partial charge in [-0.15, -0.1) is 0 Å². The molecule has 0 atom stereocenters. The number of rotatable bonds is 4. The first-order valence-electron chi connectivity index (χ1n) is 6.65. The molecular weight excluding hydrogens is 196 g/mol. The van der Waals surface area contributed by atoms with E-state index < -0.39 is 0 Å². The lowest BCUT2D eigenvalue weighted by Crippen LogP contribution is -2.40. The summed E-state index contributed by atoms with van der Waals surface area (Å²) in [5.41, 5.74) is 3.15. The van der Waals surface area contributed by atoms with Crippen molar-refractivity contribution in [3.8, 4) is 0 Å². The number of piperidine rings is 1. The van der Waals surface area contributed by atoms with E-state index in [9.17, 15) is 0 Å². The quantitative estimate of drug-likeness (QED) is 0.760. The molecule has 0 aromatic rings. The second-order valence-corrected chi connectivity index (χ2v) is 4.98. The second-order valence-electron chi connectivity index (χ2n) is 4.98. The smallest absolute Gasteiger partial charge is 0.00913 e. The molecule has 90 valence electrons. The summed E-state index contributed by atoms with van der Waals surface area (Å²) >= 11 is 0. The standard InChI is InChI=1S/C14H24N2/c1-12-4-2-3-5-13(12)6-11-16-14-7-9-15-10-8-14/h3,5,14-16H,2,4,6-11H2,1H3. The monoisotopic (exact) mass is 220 g/mol. The molecule has 0 amide bonds. The molecule has 2 N–H and O–H groups in total. The number of nitrogens with one attached hydrogen (secondary N) is 2. The summed E-state index contributed by atoms with van der Waals surface area (Å²) < 4.78 is 0. The van der Waals surface area contributed by atoms with Crippen molar-refractivity contribution < 1.29 is 0 Å². The summed E-state index contributed by atoms with van der Waals surface area (Å²) in [6.07, 6.45) is 10.9. The van der Waals surface area contributed by atoms with E-state index in [0.29, 0.717) is 0 Å². The van der Waals surface area contributed by atoms with Gasteiger partial charge in [0.25, 0.3) is 0 Å². The van der Waals surface area contributed by atoms with E-state index in [1.54, 1.807) is 11.1 Å². The Balaban J connectivity index is 1.69. The van der Waals surface area contributed by atoms with Crippen LogP contribution in [-0.4, -0.2) is 25.7 Å². The Hall–Kier alpha value is -0.600. The van der Waals surface area contributed by atoms with E-state index in [4.69, 9.17) is 0 Å². The first-order valence-corrected chi connectivity index (χ1v) is 6.65. The van der Waals surface area contributed by atoms with Crippen molar-refractivity contribution in [2.24, 2.45) is 0 Å². The highest BCUT2D eigenvalue weighted by Gasteiger charge is 2.12. The summed E-state index contributed by atoms with van der Waals surface area (Å²) in [6.45, 7) is 5.78. The lowest BCUT2D eigenvalue weighted by Gasteiger charge is -2.24. The molecule has 0 radical (unpaired) electrons. The first-order chi connectivity index (χ1) is 7.86. The minimum Gasteiger partial charge on any atom is -0.317 e. The molecular formula is C14H24N2. The predicted octanol–water partition coefficient (Wildman–Crippen LogP) is 2.38. The molecule has 1 aliphatic heterocycles. The lowest BCUT2D eigenvalue weighted by molar-refractivity contribution is 0.389. The van der Waals surface area contributed by atoms with Gasteiger partial charge < -0.3 is 10.6 Å². The number of hydrogen-bond donors (Lipinski definition) is 2. The Kier molecular flexibility index (Phi) is 4.61. The fourth-order valence-corrected chi connectivity index (χ4v) is 2.56. The fraction of sp³-hybridized carbons (Fsp3) is 0.714. The van der Waals surface area contributed by atoms with Crippen LogP contribution in [-0.2, 0) is 0 Å². The molecule has 16 heavy (non-hydrogen) atoms. The molecule has 0 unspecified atom stereocenters. The molecule has 1 aliphatic carbocycles. The van der Waals surface area contributed by atoms with Gasteiger partial charge in [-0.2, -0.15) is 0 Å². The highest BCUT2D eigenvalue weighted by Crippen LogP contribution is 2.20. The summed E-state index contributed by atoms with van der Waals surface area (Å²) in [4.78, 5) is 0. The number of hydrogen-bond acceptors (Lipinski definition) is 2. The molecule has 0 spiro atoms. The second kappa shape index (κ2) is 6.21. The third-order valence-electron chi connectivity index (χ3n) is 3.72. The predicted molar refractivity (Wildman–Crippen MR) is 69.6 cm³/mol. The zero-order chi connectivity index (χ0) is 11.2. The molecule has 0 bridgehead atoms. The van der Waals surface area contributed by atoms with Crippen molar-refractivity contribution in [2.45, 2.75) is 45.1 Å². The van der Waals surface area contributed by atoms with Crippen LogP contribution in [0.25, 0.3) is 0 Å². The zero-order valence-electron chi connectivity index (χ0n) is 10.4. The van der Waals surface area contributed by atoms with E-state index >= 15 is 0 Å². The highest BCUT2D eigenvalue weighted by molar-refractivity contribution is 5.28. The van der Waals surface area contributed by atoms with Gasteiger partial charge in [0.15, 0.2) is 0 Å². The van der Waals surface area contributed by atoms with Gasteiger partial charge in [0.2, 0.25) is 0 Å². The molecule has 2 heteroatoms. The van der Waals surface area contributed by atoms with Crippen molar-refractivity contribution >= 4 is 0 Å². The van der Waals surface area contributed by atoms with E-state index in [1.165, 1.54) is 45.2 Å². The van der Waals surface area contributed by atoms with Crippen molar-refractivity contribution in [1.82, 2.24) is 10.6 Å². The molecule has 1 heterocycles. The van der Waals surface area contributed by atoms with Crippen molar-refractivity contribution in [3.63, 3.8) is 0 Å². The Bertz CT molecular complexity index is 272. The van der Waals surface area contributed by atoms with Crippen LogP contribution in [0.3, 0.4) is 0 Å². The van der Waals surface area contributed by atoms with Crippen LogP contribution in [0.2, 0.25) is 0 Å². The molecule has 2 aliphatic rings. The molecule has 1 fully saturated rings. The third-order valence-corrected chi connectivity index (χ3v) is 3.72. The fourth-order valence-electron chi connectivity index (χ4n) is 2.56. The van der Waals surface area contributed by atoms with Gasteiger partial charge in [-0.25, -0.2) is 0 Å². The van der Waals surface area contributed by atoms with Crippen LogP contribution < -0.4 is 10.6 Å². The molecule has 0 aromatic heterocycles. The Morgan fingerprint density at radius 2 is 2.19 bits per heavy atom. The van der Waals surface area contributed by atoms with Crippen molar-refractivity contribution in [1.29, 1.82) is 0 Å². The average molecular weight is 220 g/mol. The van der Waals surface area contributed by atoms with E-state index in [-0.39, 0.29) is 0 Å². The Morgan fingerprint density at radius 3 is 2.94 bits per heavy atom. The first kappa shape index (κ1) is 11.9. The van der Waals surface area contributed by atoms with Gasteiger partial charge in [-0.05, 0) is 64.2 Å². The van der Waals surface area contributed by atoms with E-state index in [2.05, 4.69) is 29.7 Å². The lowest BCUT2D eigenvalue weighted by atomic mass is 9.96. The van der Waals surface area contributed by atoms with Crippen LogP contribution in [0, 0.1) is 0 Å². The van der Waals surface area contributed by atoms with Crippen LogP contribution in [0.4, 0.5) is 0 Å². The Labute approximate surface area is 99.2 Å². The van der Waals surface area contributed by atoms with Gasteiger partial charge in [0.05, 0.1) is 0 Å². The number of allylic oxidation sites excluding steroid dienone is 3. The van der Waals surface area contributed by atoms with Gasteiger partial charge >= 0.3 is 0 Å². The van der Waals surface area contributed by atoms with Crippen molar-refractivity contribution in [2.75, 3.05) is 19.6 Å². The molecule has 2 nitrogen and oxygen atoms in total. The van der Waals surface area contributed by atoms with Gasteiger partial charge in [-0.1, -0.05) is 17.7 Å². The van der Waals surface area contributed by atoms with Crippen LogP contribution in [0.15, 0.2) is 23.3 Å². The minimum absolute atomic E-state index is 0.745. The van der Waals surface area contributed by atoms with E-state index in [1.807, 2.05) is 0 Å². The van der Waals surface area contributed by atoms with Gasteiger partial charge in [-0.3, -0.25) is 0 Å². The largest absolute Gasteiger partial charge is 0.317 e. The molecule has 1 saturated heterocycles. The van der Waals surface area contributed by atoms with Crippen LogP contribution >= 0.6 is 0 Å². The molecule has 0 saturated carbocycles. The van der Waals surface area contributed by atoms with Crippen LogP contribution in [0.5, 0.6) is 0 Å². The maximum Gasteiger partial charge on any atom is 0.00913 e. The maximum atomic E-state index is 3.68. The third kappa shape index (κ3) is 3.46. The summed E-state index contributed by atoms with van der Waals surface area (Å²) in [6, 6.07) is 0.745. The molecule has 0 aromatic carbocycles. The summed E-state index contributed by atoms with van der Waals surface area (Å²) in [7, 11) is 0. The zero-order valence-corrected chi connectivity index (χ0v) is 10.4. The highest BCUT2D eigenvalue weighted by atomic mass is 15.0. The van der Waals surface area contributed by atoms with E-state index in [0.717, 1.165) is 12.6 Å². The van der Waals surface area contributed by atoms with Gasteiger partial charge in [0, 0.05) is 6.04 Å². The van der Waals surface area contributed by atoms with Crippen LogP contribution in [0.1, 0.15) is 39.0 Å². The topological polar surface area (TPSA) is 24.1 Å². The SMILES string of the molecule is CC1=C(CCNC2CCNCC2)C=CCC1. The van der Waals surface area contributed by atoms with Gasteiger partial charge in [0.1, 0.15) is 0 Å². The van der Waals surface area contributed by atoms with Crippen molar-refractivity contribution in [3.05, 3.63) is 23.3 Å². The minimum atomic E-state index is 0.745. The molecule has 2 rings (SSSR count). The summed E-state index contributed by atoms with van der Waals surface area (Å²) in [5.74, 6) is 0.